The molecule has 1 aromatic rings. The number of hydrogen-bond acceptors (Lipinski definition) is 4. The maximum Gasteiger partial charge on any atom is 0.206 e. The van der Waals surface area contributed by atoms with Crippen LogP contribution in [0.25, 0.3) is 0 Å². The Morgan fingerprint density at radius 3 is 1.76 bits per heavy atom. The van der Waals surface area contributed by atoms with Gasteiger partial charge in [0.1, 0.15) is 0 Å². The number of fused-ring (bicyclic) bond motifs is 1. The number of ketones is 2. The molecule has 0 N–H and O–H groups in total. The predicted molar refractivity (Wildman–Crippen MR) is 63.1 cm³/mol. The molecule has 2 aliphatic rings. The molecule has 1 aromatic carbocycles. The quantitative estimate of drug-likeness (QED) is 0.613. The highest BCUT2D eigenvalue weighted by atomic mass is 16.2. The van der Waals surface area contributed by atoms with Crippen LogP contribution in [0.15, 0.2) is 24.3 Å². The van der Waals surface area contributed by atoms with Crippen LogP contribution in [-0.4, -0.2) is 54.2 Å². The number of carbonyl (C=O) groups is 2. The Hall–Kier alpha value is -1.52. The molecule has 0 amide bonds. The first-order valence-electron chi connectivity index (χ1n) is 5.71. The third-order valence-electron chi connectivity index (χ3n) is 3.93. The molecule has 4 heteroatoms. The minimum absolute atomic E-state index is 0.0828. The highest BCUT2D eigenvalue weighted by molar-refractivity contribution is 6.32. The minimum Gasteiger partial charge on any atom is -0.290 e. The topological polar surface area (TPSA) is 40.6 Å². The van der Waals surface area contributed by atoms with Crippen molar-refractivity contribution in [1.82, 2.24) is 9.80 Å². The Morgan fingerprint density at radius 2 is 1.35 bits per heavy atom. The van der Waals surface area contributed by atoms with Gasteiger partial charge in [-0.2, -0.15) is 0 Å². The number of rotatable bonds is 0. The second-order valence-electron chi connectivity index (χ2n) is 4.72. The molecule has 88 valence electrons. The first-order valence-corrected chi connectivity index (χ1v) is 5.71. The zero-order chi connectivity index (χ0) is 12.2. The smallest absolute Gasteiger partial charge is 0.206 e. The lowest BCUT2D eigenvalue weighted by Crippen LogP contribution is -2.59. The van der Waals surface area contributed by atoms with E-state index in [0.29, 0.717) is 11.1 Å². The molecule has 1 fully saturated rings. The summed E-state index contributed by atoms with van der Waals surface area (Å²) in [5.74, 6) is -0.166. The summed E-state index contributed by atoms with van der Waals surface area (Å²) in [6, 6.07) is 7.09. The first kappa shape index (κ1) is 10.6. The van der Waals surface area contributed by atoms with E-state index in [9.17, 15) is 9.59 Å². The van der Waals surface area contributed by atoms with Gasteiger partial charge in [-0.15, -0.1) is 0 Å². The van der Waals surface area contributed by atoms with Gasteiger partial charge in [-0.25, -0.2) is 0 Å². The van der Waals surface area contributed by atoms with Crippen LogP contribution >= 0.6 is 0 Å². The van der Waals surface area contributed by atoms with E-state index in [1.807, 2.05) is 23.9 Å². The van der Waals surface area contributed by atoms with E-state index >= 15 is 0 Å². The van der Waals surface area contributed by atoms with Crippen LogP contribution in [0.1, 0.15) is 20.7 Å². The lowest BCUT2D eigenvalue weighted by atomic mass is 10.0. The number of hydrogen-bond donors (Lipinski definition) is 0. The van der Waals surface area contributed by atoms with E-state index in [-0.39, 0.29) is 11.6 Å². The molecule has 0 saturated carbocycles. The monoisotopic (exact) mass is 230 g/mol. The molecule has 0 aromatic heterocycles. The third-order valence-corrected chi connectivity index (χ3v) is 3.93. The van der Waals surface area contributed by atoms with E-state index in [1.165, 1.54) is 0 Å². The van der Waals surface area contributed by atoms with Crippen LogP contribution in [0.3, 0.4) is 0 Å². The lowest BCUT2D eigenvalue weighted by Gasteiger charge is -2.33. The average molecular weight is 230 g/mol. The normalized spacial score (nSPS) is 23.6. The van der Waals surface area contributed by atoms with Crippen LogP contribution in [0.4, 0.5) is 0 Å². The van der Waals surface area contributed by atoms with E-state index < -0.39 is 5.66 Å². The van der Waals surface area contributed by atoms with Crippen molar-refractivity contribution in [3.8, 4) is 0 Å². The van der Waals surface area contributed by atoms with Crippen molar-refractivity contribution in [2.24, 2.45) is 0 Å². The molecule has 1 saturated heterocycles. The highest BCUT2D eigenvalue weighted by Gasteiger charge is 2.60. The fourth-order valence-corrected chi connectivity index (χ4v) is 2.97. The third kappa shape index (κ3) is 1.04. The number of Topliss-reactive ketones (excluding diaryl/α,β-unsaturated/α-hetero) is 2. The van der Waals surface area contributed by atoms with Gasteiger partial charge in [0.15, 0.2) is 0 Å². The Labute approximate surface area is 99.8 Å². The highest BCUT2D eigenvalue weighted by Crippen LogP contribution is 2.38. The molecule has 3 rings (SSSR count). The zero-order valence-electron chi connectivity index (χ0n) is 9.93. The molecular formula is C13H14N2O2. The largest absolute Gasteiger partial charge is 0.290 e. The van der Waals surface area contributed by atoms with Gasteiger partial charge in [0.25, 0.3) is 0 Å². The van der Waals surface area contributed by atoms with Gasteiger partial charge in [0.05, 0.1) is 0 Å². The van der Waals surface area contributed by atoms with Crippen LogP contribution in [0.5, 0.6) is 0 Å². The number of likely N-dealkylation sites (N-methyl/N-ethyl adjacent to an activating group) is 2. The van der Waals surface area contributed by atoms with Gasteiger partial charge in [-0.05, 0) is 14.1 Å². The summed E-state index contributed by atoms with van der Waals surface area (Å²) in [5.41, 5.74) is 0.0279. The Balaban J connectivity index is 2.24. The summed E-state index contributed by atoms with van der Waals surface area (Å²) in [6.07, 6.45) is 0. The van der Waals surface area contributed by atoms with Crippen molar-refractivity contribution in [3.63, 3.8) is 0 Å². The molecule has 0 radical (unpaired) electrons. The number of benzene rings is 1. The molecule has 17 heavy (non-hydrogen) atoms. The van der Waals surface area contributed by atoms with Gasteiger partial charge >= 0.3 is 0 Å². The summed E-state index contributed by atoms with van der Waals surface area (Å²) < 4.78 is 0. The van der Waals surface area contributed by atoms with Gasteiger partial charge in [0.2, 0.25) is 17.2 Å². The van der Waals surface area contributed by atoms with E-state index in [1.54, 1.807) is 24.3 Å². The zero-order valence-corrected chi connectivity index (χ0v) is 9.93. The second-order valence-corrected chi connectivity index (χ2v) is 4.72. The van der Waals surface area contributed by atoms with Crippen LogP contribution in [-0.2, 0) is 0 Å². The van der Waals surface area contributed by atoms with Gasteiger partial charge in [0, 0.05) is 24.2 Å². The second kappa shape index (κ2) is 3.24. The number of nitrogens with zero attached hydrogens (tertiary/aromatic N) is 2. The van der Waals surface area contributed by atoms with Gasteiger partial charge in [-0.1, -0.05) is 24.3 Å². The van der Waals surface area contributed by atoms with Crippen molar-refractivity contribution in [3.05, 3.63) is 35.4 Å². The molecule has 0 atom stereocenters. The molecular weight excluding hydrogens is 216 g/mol. The summed E-state index contributed by atoms with van der Waals surface area (Å²) in [5, 5.41) is 0. The standard InChI is InChI=1S/C13H14N2O2/c1-14-7-8-15(2)13(14)11(16)9-5-3-4-6-10(9)12(13)17/h3-6H,7-8H2,1-2H3. The Bertz CT molecular complexity index is 477. The average Bonchev–Trinajstić information content (AvgIpc) is 2.75. The first-order chi connectivity index (χ1) is 8.10. The van der Waals surface area contributed by atoms with E-state index in [4.69, 9.17) is 0 Å². The van der Waals surface area contributed by atoms with Crippen molar-refractivity contribution in [1.29, 1.82) is 0 Å². The molecule has 1 aliphatic carbocycles. The van der Waals surface area contributed by atoms with Crippen LogP contribution < -0.4 is 0 Å². The summed E-state index contributed by atoms with van der Waals surface area (Å²) in [7, 11) is 3.68. The van der Waals surface area contributed by atoms with Crippen molar-refractivity contribution >= 4 is 11.6 Å². The molecule has 0 unspecified atom stereocenters. The summed E-state index contributed by atoms with van der Waals surface area (Å²) in [6.45, 7) is 1.48. The SMILES string of the molecule is CN1CCN(C)C12C(=O)c1ccccc1C2=O. The summed E-state index contributed by atoms with van der Waals surface area (Å²) in [4.78, 5) is 28.8. The predicted octanol–water partition coefficient (Wildman–Crippen LogP) is 0.639. The van der Waals surface area contributed by atoms with Crippen molar-refractivity contribution in [2.45, 2.75) is 5.66 Å². The van der Waals surface area contributed by atoms with Crippen molar-refractivity contribution < 1.29 is 9.59 Å². The van der Waals surface area contributed by atoms with E-state index in [0.717, 1.165) is 13.1 Å². The summed E-state index contributed by atoms with van der Waals surface area (Å²) >= 11 is 0. The molecule has 4 nitrogen and oxygen atoms in total. The molecule has 1 aliphatic heterocycles. The van der Waals surface area contributed by atoms with Gasteiger partial charge in [-0.3, -0.25) is 19.4 Å². The van der Waals surface area contributed by atoms with Crippen molar-refractivity contribution in [2.75, 3.05) is 27.2 Å². The Morgan fingerprint density at radius 1 is 0.941 bits per heavy atom. The Kier molecular flexibility index (Phi) is 2.03. The maximum atomic E-state index is 12.5. The molecule has 1 spiro atoms. The van der Waals surface area contributed by atoms with Gasteiger partial charge < -0.3 is 0 Å². The minimum atomic E-state index is -1.08. The van der Waals surface area contributed by atoms with Crippen LogP contribution in [0.2, 0.25) is 0 Å². The van der Waals surface area contributed by atoms with Crippen LogP contribution in [0, 0.1) is 0 Å². The maximum absolute atomic E-state index is 12.5. The number of carbonyl (C=O) groups excluding carboxylic acids is 2. The fraction of sp³-hybridized carbons (Fsp3) is 0.385. The molecule has 0 bridgehead atoms. The molecule has 1 heterocycles. The lowest BCUT2D eigenvalue weighted by molar-refractivity contribution is 0.0366. The fourth-order valence-electron chi connectivity index (χ4n) is 2.97. The van der Waals surface area contributed by atoms with E-state index in [2.05, 4.69) is 0 Å².